The third kappa shape index (κ3) is 3.44. The molecule has 1 aromatic carbocycles. The van der Waals surface area contributed by atoms with Crippen LogP contribution in [-0.4, -0.2) is 17.1 Å². The molecule has 0 radical (unpaired) electrons. The topological polar surface area (TPSA) is 67.8 Å². The minimum Gasteiger partial charge on any atom is -0.490 e. The summed E-state index contributed by atoms with van der Waals surface area (Å²) in [6.07, 6.45) is 3.60. The number of oxime groups is 1. The van der Waals surface area contributed by atoms with Crippen LogP contribution in [0.3, 0.4) is 0 Å². The summed E-state index contributed by atoms with van der Waals surface area (Å²) in [7, 11) is 0. The number of ether oxygens (including phenoxy) is 1. The third-order valence-electron chi connectivity index (χ3n) is 3.95. The molecule has 0 heterocycles. The van der Waals surface area contributed by atoms with Crippen LogP contribution in [0.25, 0.3) is 0 Å². The van der Waals surface area contributed by atoms with Crippen molar-refractivity contribution in [1.82, 2.24) is 0 Å². The minimum absolute atomic E-state index is 0.0944. The van der Waals surface area contributed by atoms with E-state index >= 15 is 0 Å². The minimum atomic E-state index is 0.0944. The molecule has 2 rings (SSSR count). The number of benzene rings is 1. The fourth-order valence-corrected chi connectivity index (χ4v) is 3.14. The van der Waals surface area contributed by atoms with Crippen molar-refractivity contribution in [3.05, 3.63) is 29.3 Å². The van der Waals surface area contributed by atoms with Crippen LogP contribution in [0.2, 0.25) is 0 Å². The number of nitrogens with zero attached hydrogens (tertiary/aromatic N) is 1. The highest BCUT2D eigenvalue weighted by molar-refractivity contribution is 5.99. The molecule has 1 aliphatic carbocycles. The zero-order chi connectivity index (χ0) is 14.7. The SMILES string of the molecule is Cc1ccc(C(N)=NO)c(OC2CC(C)CC(C)C2)c1. The molecule has 0 amide bonds. The van der Waals surface area contributed by atoms with Crippen LogP contribution in [0.15, 0.2) is 23.4 Å². The van der Waals surface area contributed by atoms with E-state index in [2.05, 4.69) is 19.0 Å². The van der Waals surface area contributed by atoms with Crippen molar-refractivity contribution in [3.63, 3.8) is 0 Å². The number of hydrogen-bond acceptors (Lipinski definition) is 3. The zero-order valence-corrected chi connectivity index (χ0v) is 12.5. The monoisotopic (exact) mass is 276 g/mol. The van der Waals surface area contributed by atoms with Gasteiger partial charge in [-0.25, -0.2) is 0 Å². The van der Waals surface area contributed by atoms with Crippen LogP contribution in [0.5, 0.6) is 5.75 Å². The van der Waals surface area contributed by atoms with Gasteiger partial charge in [0, 0.05) is 0 Å². The van der Waals surface area contributed by atoms with Crippen molar-refractivity contribution in [3.8, 4) is 5.75 Å². The highest BCUT2D eigenvalue weighted by Gasteiger charge is 2.26. The first-order chi connectivity index (χ1) is 9.49. The molecular formula is C16H24N2O2. The molecule has 1 fully saturated rings. The first-order valence-electron chi connectivity index (χ1n) is 7.24. The molecule has 3 N–H and O–H groups in total. The summed E-state index contributed by atoms with van der Waals surface area (Å²) in [5.74, 6) is 2.17. The van der Waals surface area contributed by atoms with Crippen LogP contribution in [0.4, 0.5) is 0 Å². The Labute approximate surface area is 120 Å². The molecule has 1 aliphatic rings. The Hall–Kier alpha value is -1.71. The molecule has 0 saturated heterocycles. The van der Waals surface area contributed by atoms with Crippen LogP contribution in [-0.2, 0) is 0 Å². The Balaban J connectivity index is 2.21. The summed E-state index contributed by atoms with van der Waals surface area (Å²) < 4.78 is 6.16. The summed E-state index contributed by atoms with van der Waals surface area (Å²) in [6, 6.07) is 5.74. The fraction of sp³-hybridized carbons (Fsp3) is 0.562. The van der Waals surface area contributed by atoms with Crippen LogP contribution in [0, 0.1) is 18.8 Å². The number of aryl methyl sites for hydroxylation is 1. The van der Waals surface area contributed by atoms with Gasteiger partial charge in [-0.05, 0) is 55.7 Å². The molecule has 4 heteroatoms. The van der Waals surface area contributed by atoms with E-state index in [0.29, 0.717) is 23.1 Å². The largest absolute Gasteiger partial charge is 0.490 e. The second kappa shape index (κ2) is 6.16. The Bertz CT molecular complexity index is 489. The van der Waals surface area contributed by atoms with Gasteiger partial charge in [0.1, 0.15) is 5.75 Å². The first kappa shape index (κ1) is 14.7. The molecule has 0 aliphatic heterocycles. The molecule has 2 atom stereocenters. The number of rotatable bonds is 3. The number of hydrogen-bond donors (Lipinski definition) is 2. The van der Waals surface area contributed by atoms with E-state index in [0.717, 1.165) is 18.4 Å². The molecule has 20 heavy (non-hydrogen) atoms. The summed E-state index contributed by atoms with van der Waals surface area (Å²) in [5.41, 5.74) is 7.48. The van der Waals surface area contributed by atoms with E-state index in [1.807, 2.05) is 25.1 Å². The average Bonchev–Trinajstić information content (AvgIpc) is 2.37. The summed E-state index contributed by atoms with van der Waals surface area (Å²) >= 11 is 0. The summed E-state index contributed by atoms with van der Waals surface area (Å²) in [6.45, 7) is 6.55. The summed E-state index contributed by atoms with van der Waals surface area (Å²) in [5, 5.41) is 12.0. The van der Waals surface area contributed by atoms with Crippen molar-refractivity contribution in [2.24, 2.45) is 22.7 Å². The van der Waals surface area contributed by atoms with E-state index in [4.69, 9.17) is 15.7 Å². The predicted molar refractivity (Wildman–Crippen MR) is 80.3 cm³/mol. The lowest BCUT2D eigenvalue weighted by Gasteiger charge is -2.32. The first-order valence-corrected chi connectivity index (χ1v) is 7.24. The van der Waals surface area contributed by atoms with Gasteiger partial charge in [-0.15, -0.1) is 0 Å². The van der Waals surface area contributed by atoms with Crippen molar-refractivity contribution in [2.45, 2.75) is 46.1 Å². The van der Waals surface area contributed by atoms with Gasteiger partial charge in [0.25, 0.3) is 0 Å². The predicted octanol–water partition coefficient (Wildman–Crippen LogP) is 3.29. The normalized spacial score (nSPS) is 27.4. The molecular weight excluding hydrogens is 252 g/mol. The maximum Gasteiger partial charge on any atom is 0.173 e. The number of nitrogens with two attached hydrogens (primary N) is 1. The van der Waals surface area contributed by atoms with Crippen LogP contribution in [0.1, 0.15) is 44.2 Å². The quantitative estimate of drug-likeness (QED) is 0.385. The van der Waals surface area contributed by atoms with Crippen molar-refractivity contribution < 1.29 is 9.94 Å². The molecule has 0 aromatic heterocycles. The smallest absolute Gasteiger partial charge is 0.173 e. The van der Waals surface area contributed by atoms with Crippen LogP contribution >= 0.6 is 0 Å². The van der Waals surface area contributed by atoms with Gasteiger partial charge in [-0.1, -0.05) is 25.1 Å². The lowest BCUT2D eigenvalue weighted by molar-refractivity contribution is 0.101. The van der Waals surface area contributed by atoms with Crippen LogP contribution < -0.4 is 10.5 Å². The van der Waals surface area contributed by atoms with Crippen molar-refractivity contribution in [1.29, 1.82) is 0 Å². The number of amidine groups is 1. The highest BCUT2D eigenvalue weighted by atomic mass is 16.5. The Morgan fingerprint density at radius 2 is 1.90 bits per heavy atom. The molecule has 2 unspecified atom stereocenters. The van der Waals surface area contributed by atoms with Gasteiger partial charge in [0.15, 0.2) is 5.84 Å². The van der Waals surface area contributed by atoms with E-state index in [1.165, 1.54) is 6.42 Å². The molecule has 0 bridgehead atoms. The van der Waals surface area contributed by atoms with Gasteiger partial charge in [0.05, 0.1) is 11.7 Å². The van der Waals surface area contributed by atoms with Crippen molar-refractivity contribution in [2.75, 3.05) is 0 Å². The molecule has 4 nitrogen and oxygen atoms in total. The maximum atomic E-state index is 8.88. The molecule has 0 spiro atoms. The Kier molecular flexibility index (Phi) is 4.53. The summed E-state index contributed by atoms with van der Waals surface area (Å²) in [4.78, 5) is 0. The van der Waals surface area contributed by atoms with Gasteiger partial charge < -0.3 is 15.7 Å². The Morgan fingerprint density at radius 1 is 1.25 bits per heavy atom. The maximum absolute atomic E-state index is 8.88. The standard InChI is InChI=1S/C16H24N2O2/c1-10-4-5-14(16(17)18-19)15(9-10)20-13-7-11(2)6-12(3)8-13/h4-5,9,11-13,19H,6-8H2,1-3H3,(H2,17,18). The Morgan fingerprint density at radius 3 is 2.50 bits per heavy atom. The second-order valence-corrected chi connectivity index (χ2v) is 6.14. The van der Waals surface area contributed by atoms with E-state index < -0.39 is 0 Å². The molecule has 1 aromatic rings. The van der Waals surface area contributed by atoms with E-state index in [-0.39, 0.29) is 11.9 Å². The average molecular weight is 276 g/mol. The van der Waals surface area contributed by atoms with E-state index in [1.54, 1.807) is 0 Å². The lowest BCUT2D eigenvalue weighted by Crippen LogP contribution is -2.29. The lowest BCUT2D eigenvalue weighted by atomic mass is 9.82. The van der Waals surface area contributed by atoms with Gasteiger partial charge in [-0.2, -0.15) is 0 Å². The van der Waals surface area contributed by atoms with Gasteiger partial charge >= 0.3 is 0 Å². The zero-order valence-electron chi connectivity index (χ0n) is 12.5. The third-order valence-corrected chi connectivity index (χ3v) is 3.95. The van der Waals surface area contributed by atoms with Crippen molar-refractivity contribution >= 4 is 5.84 Å². The van der Waals surface area contributed by atoms with Gasteiger partial charge in [-0.3, -0.25) is 0 Å². The van der Waals surface area contributed by atoms with Gasteiger partial charge in [0.2, 0.25) is 0 Å². The molecule has 1 saturated carbocycles. The molecule has 110 valence electrons. The van der Waals surface area contributed by atoms with E-state index in [9.17, 15) is 0 Å². The second-order valence-electron chi connectivity index (χ2n) is 6.14. The highest BCUT2D eigenvalue weighted by Crippen LogP contribution is 2.32. The fourth-order valence-electron chi connectivity index (χ4n) is 3.14.